The number of rotatable bonds is 5. The summed E-state index contributed by atoms with van der Waals surface area (Å²) in [4.78, 5) is 54.2. The first-order valence-corrected chi connectivity index (χ1v) is 13.0. The summed E-state index contributed by atoms with van der Waals surface area (Å²) in [5.41, 5.74) is -2.29. The molecule has 2 amide bonds. The van der Waals surface area contributed by atoms with E-state index >= 15 is 0 Å². The van der Waals surface area contributed by atoms with Crippen LogP contribution in [-0.2, 0) is 4.74 Å². The molecule has 15 heteroatoms. The molecular formula is C26H26F2N6O7. The molecular weight excluding hydrogens is 546 g/mol. The van der Waals surface area contributed by atoms with E-state index in [1.807, 2.05) is 0 Å². The molecule has 2 aliphatic rings. The van der Waals surface area contributed by atoms with Crippen molar-refractivity contribution in [3.05, 3.63) is 64.1 Å². The van der Waals surface area contributed by atoms with Crippen molar-refractivity contribution in [3.8, 4) is 11.4 Å². The van der Waals surface area contributed by atoms with Crippen molar-refractivity contribution >= 4 is 23.8 Å². The highest BCUT2D eigenvalue weighted by Gasteiger charge is 2.32. The van der Waals surface area contributed by atoms with E-state index in [0.717, 1.165) is 37.5 Å². The SMILES string of the molecule is O=C(O)c1cc(N(C(=O)n2nnn(-c3c(F)cccc3F)c2=O)C2CCCCC2)ccc1OC(=O)N1CCOCC1. The Balaban J connectivity index is 1.51. The predicted molar refractivity (Wildman–Crippen MR) is 137 cm³/mol. The largest absolute Gasteiger partial charge is 0.478 e. The molecule has 0 spiro atoms. The van der Waals surface area contributed by atoms with Crippen LogP contribution in [0.4, 0.5) is 24.1 Å². The first-order chi connectivity index (χ1) is 19.8. The molecule has 1 aromatic heterocycles. The molecule has 1 aliphatic heterocycles. The molecule has 2 aromatic carbocycles. The number of hydrogen-bond acceptors (Lipinski definition) is 8. The Morgan fingerprint density at radius 2 is 1.68 bits per heavy atom. The van der Waals surface area contributed by atoms with Crippen LogP contribution in [0, 0.1) is 11.6 Å². The molecule has 1 saturated carbocycles. The van der Waals surface area contributed by atoms with E-state index in [2.05, 4.69) is 10.4 Å². The number of anilines is 1. The number of aromatic carboxylic acids is 1. The lowest BCUT2D eigenvalue weighted by molar-refractivity contribution is 0.0413. The van der Waals surface area contributed by atoms with Crippen LogP contribution in [0.15, 0.2) is 41.2 Å². The van der Waals surface area contributed by atoms with Crippen LogP contribution in [0.25, 0.3) is 5.69 Å². The van der Waals surface area contributed by atoms with Gasteiger partial charge in [-0.05, 0) is 53.6 Å². The van der Waals surface area contributed by atoms with E-state index in [9.17, 15) is 33.1 Å². The van der Waals surface area contributed by atoms with E-state index in [0.29, 0.717) is 35.4 Å². The highest BCUT2D eigenvalue weighted by atomic mass is 19.1. The van der Waals surface area contributed by atoms with E-state index in [1.54, 1.807) is 0 Å². The van der Waals surface area contributed by atoms with E-state index in [4.69, 9.17) is 9.47 Å². The lowest BCUT2D eigenvalue weighted by atomic mass is 9.94. The molecule has 0 radical (unpaired) electrons. The van der Waals surface area contributed by atoms with Crippen molar-refractivity contribution in [2.24, 2.45) is 0 Å². The van der Waals surface area contributed by atoms with Gasteiger partial charge in [-0.3, -0.25) is 4.90 Å². The monoisotopic (exact) mass is 572 g/mol. The molecule has 216 valence electrons. The molecule has 2 fully saturated rings. The normalized spacial score (nSPS) is 15.9. The number of morpholine rings is 1. The number of carboxylic acids is 1. The second kappa shape index (κ2) is 11.8. The maximum Gasteiger partial charge on any atom is 0.415 e. The fourth-order valence-electron chi connectivity index (χ4n) is 4.95. The Morgan fingerprint density at radius 3 is 2.34 bits per heavy atom. The Labute approximate surface area is 231 Å². The van der Waals surface area contributed by atoms with Gasteiger partial charge in [-0.2, -0.15) is 4.68 Å². The van der Waals surface area contributed by atoms with Crippen molar-refractivity contribution in [3.63, 3.8) is 0 Å². The summed E-state index contributed by atoms with van der Waals surface area (Å²) in [5, 5.41) is 17.0. The lowest BCUT2D eigenvalue weighted by Crippen LogP contribution is -2.47. The summed E-state index contributed by atoms with van der Waals surface area (Å²) >= 11 is 0. The number of carbonyl (C=O) groups excluding carboxylic acids is 2. The zero-order valence-corrected chi connectivity index (χ0v) is 21.7. The average Bonchev–Trinajstić information content (AvgIpc) is 3.35. The zero-order valence-electron chi connectivity index (χ0n) is 21.7. The van der Waals surface area contributed by atoms with Crippen molar-refractivity contribution < 1.29 is 37.7 Å². The molecule has 5 rings (SSSR count). The van der Waals surface area contributed by atoms with Crippen molar-refractivity contribution in [2.75, 3.05) is 31.2 Å². The lowest BCUT2D eigenvalue weighted by Gasteiger charge is -2.34. The van der Waals surface area contributed by atoms with Crippen molar-refractivity contribution in [1.29, 1.82) is 0 Å². The fraction of sp³-hybridized carbons (Fsp3) is 0.385. The third-order valence-electron chi connectivity index (χ3n) is 7.00. The Hall–Kier alpha value is -4.66. The first kappa shape index (κ1) is 27.9. The summed E-state index contributed by atoms with van der Waals surface area (Å²) in [6.45, 7) is 1.22. The fourth-order valence-corrected chi connectivity index (χ4v) is 4.95. The van der Waals surface area contributed by atoms with Gasteiger partial charge in [0.2, 0.25) is 0 Å². The molecule has 13 nitrogen and oxygen atoms in total. The smallest absolute Gasteiger partial charge is 0.415 e. The van der Waals surface area contributed by atoms with Gasteiger partial charge >= 0.3 is 23.8 Å². The number of carboxylic acid groups (broad SMARTS) is 1. The van der Waals surface area contributed by atoms with Gasteiger partial charge < -0.3 is 19.5 Å². The van der Waals surface area contributed by atoms with E-state index in [-0.39, 0.29) is 30.1 Å². The Morgan fingerprint density at radius 1 is 1.00 bits per heavy atom. The van der Waals surface area contributed by atoms with Crippen molar-refractivity contribution in [2.45, 2.75) is 38.1 Å². The standard InChI is InChI=1S/C26H26F2N6O7/c27-19-7-4-8-20(28)22(19)33-25(38)34(30-29-33)24(37)32(16-5-2-1-3-6-16)17-9-10-21(18(15-17)23(35)36)41-26(39)31-11-13-40-14-12-31/h4,7-10,15-16H,1-3,5-6,11-14H2,(H,35,36). The number of hydrogen-bond donors (Lipinski definition) is 1. The van der Waals surface area contributed by atoms with Crippen LogP contribution in [-0.4, -0.2) is 80.2 Å². The van der Waals surface area contributed by atoms with Crippen LogP contribution in [0.3, 0.4) is 0 Å². The van der Waals surface area contributed by atoms with Gasteiger partial charge in [0.15, 0.2) is 11.6 Å². The maximum absolute atomic E-state index is 14.3. The molecule has 0 unspecified atom stereocenters. The van der Waals surface area contributed by atoms with Crippen LogP contribution >= 0.6 is 0 Å². The number of aromatic nitrogens is 4. The highest BCUT2D eigenvalue weighted by Crippen LogP contribution is 2.32. The number of para-hydroxylation sites is 1. The Bertz CT molecular complexity index is 1510. The second-order valence-electron chi connectivity index (χ2n) is 9.55. The summed E-state index contributed by atoms with van der Waals surface area (Å²) in [6.07, 6.45) is 2.83. The molecule has 3 aromatic rings. The number of carbonyl (C=O) groups is 3. The van der Waals surface area contributed by atoms with Gasteiger partial charge in [0.1, 0.15) is 17.0 Å². The molecule has 1 N–H and O–H groups in total. The van der Waals surface area contributed by atoms with Gasteiger partial charge in [-0.1, -0.05) is 25.3 Å². The highest BCUT2D eigenvalue weighted by molar-refractivity contribution is 5.97. The quantitative estimate of drug-likeness (QED) is 0.455. The number of benzene rings is 2. The van der Waals surface area contributed by atoms with Crippen LogP contribution < -0.4 is 15.3 Å². The molecule has 0 bridgehead atoms. The predicted octanol–water partition coefficient (Wildman–Crippen LogP) is 3.04. The molecule has 0 atom stereocenters. The van der Waals surface area contributed by atoms with Gasteiger partial charge in [0.05, 0.1) is 13.2 Å². The molecule has 1 saturated heterocycles. The summed E-state index contributed by atoms with van der Waals surface area (Å²) < 4.78 is 40.0. The number of ether oxygens (including phenoxy) is 2. The first-order valence-electron chi connectivity index (χ1n) is 13.0. The van der Waals surface area contributed by atoms with E-state index < -0.39 is 47.1 Å². The zero-order chi connectivity index (χ0) is 29.1. The van der Waals surface area contributed by atoms with Crippen molar-refractivity contribution in [1.82, 2.24) is 24.7 Å². The van der Waals surface area contributed by atoms with E-state index in [1.165, 1.54) is 28.0 Å². The third kappa shape index (κ3) is 5.66. The van der Waals surface area contributed by atoms with Crippen LogP contribution in [0.2, 0.25) is 0 Å². The second-order valence-corrected chi connectivity index (χ2v) is 9.55. The number of nitrogens with zero attached hydrogens (tertiary/aromatic N) is 6. The molecule has 41 heavy (non-hydrogen) atoms. The van der Waals surface area contributed by atoms with Crippen LogP contribution in [0.5, 0.6) is 5.75 Å². The summed E-state index contributed by atoms with van der Waals surface area (Å²) in [7, 11) is 0. The minimum absolute atomic E-state index is 0.101. The van der Waals surface area contributed by atoms with Crippen LogP contribution in [0.1, 0.15) is 42.5 Å². The summed E-state index contributed by atoms with van der Waals surface area (Å²) in [6, 6.07) is 5.37. The molecule has 2 heterocycles. The maximum atomic E-state index is 14.3. The van der Waals surface area contributed by atoms with Gasteiger partial charge in [0, 0.05) is 24.8 Å². The minimum atomic E-state index is -1.41. The van der Waals surface area contributed by atoms with Gasteiger partial charge in [0.25, 0.3) is 0 Å². The average molecular weight is 573 g/mol. The number of tetrazole rings is 1. The van der Waals surface area contributed by atoms with Gasteiger partial charge in [-0.25, -0.2) is 28.0 Å². The Kier molecular flexibility index (Phi) is 8.05. The number of halogens is 2. The van der Waals surface area contributed by atoms with Gasteiger partial charge in [-0.15, -0.1) is 4.68 Å². The minimum Gasteiger partial charge on any atom is -0.478 e. The molecule has 1 aliphatic carbocycles. The third-order valence-corrected chi connectivity index (χ3v) is 7.00. The summed E-state index contributed by atoms with van der Waals surface area (Å²) in [5.74, 6) is -3.80. The number of amides is 2. The topological polar surface area (TPSA) is 149 Å².